The highest BCUT2D eigenvalue weighted by Crippen LogP contribution is 2.22. The van der Waals surface area contributed by atoms with Crippen LogP contribution < -0.4 is 5.73 Å². The number of aromatic nitrogens is 1. The van der Waals surface area contributed by atoms with E-state index in [1.54, 1.807) is 7.05 Å². The van der Waals surface area contributed by atoms with Crippen molar-refractivity contribution < 1.29 is 8.42 Å². The van der Waals surface area contributed by atoms with Gasteiger partial charge < -0.3 is 10.3 Å². The average Bonchev–Trinajstić information content (AvgIpc) is 2.25. The number of nitrogen functional groups attached to an aromatic ring is 1. The SMILES string of the molecule is Cn1cc(S(C)(=O)=O)c(N)c1C#N. The number of sulfone groups is 1. The molecular weight excluding hydrogens is 190 g/mol. The van der Waals surface area contributed by atoms with Gasteiger partial charge in [-0.2, -0.15) is 5.26 Å². The monoisotopic (exact) mass is 199 g/mol. The van der Waals surface area contributed by atoms with Crippen molar-refractivity contribution in [3.63, 3.8) is 0 Å². The minimum Gasteiger partial charge on any atom is -0.395 e. The summed E-state index contributed by atoms with van der Waals surface area (Å²) in [6.07, 6.45) is 2.39. The zero-order valence-electron chi connectivity index (χ0n) is 7.27. The summed E-state index contributed by atoms with van der Waals surface area (Å²) in [4.78, 5) is 0.00606. The molecule has 0 aromatic carbocycles. The largest absolute Gasteiger partial charge is 0.395 e. The molecule has 0 atom stereocenters. The molecule has 2 N–H and O–H groups in total. The first-order chi connectivity index (χ1) is 5.88. The van der Waals surface area contributed by atoms with Gasteiger partial charge in [-0.25, -0.2) is 8.42 Å². The van der Waals surface area contributed by atoms with Crippen LogP contribution in [-0.2, 0) is 16.9 Å². The number of hydrogen-bond donors (Lipinski definition) is 1. The highest BCUT2D eigenvalue weighted by molar-refractivity contribution is 7.90. The maximum absolute atomic E-state index is 11.1. The third kappa shape index (κ3) is 1.51. The molecule has 0 fully saturated rings. The lowest BCUT2D eigenvalue weighted by molar-refractivity contribution is 0.602. The van der Waals surface area contributed by atoms with E-state index in [4.69, 9.17) is 11.0 Å². The number of hydrogen-bond acceptors (Lipinski definition) is 4. The van der Waals surface area contributed by atoms with Gasteiger partial charge in [0.1, 0.15) is 16.7 Å². The van der Waals surface area contributed by atoms with Gasteiger partial charge in [-0.15, -0.1) is 0 Å². The van der Waals surface area contributed by atoms with E-state index in [0.717, 1.165) is 6.26 Å². The lowest BCUT2D eigenvalue weighted by Gasteiger charge is -1.93. The predicted molar refractivity (Wildman–Crippen MR) is 47.7 cm³/mol. The van der Waals surface area contributed by atoms with E-state index in [2.05, 4.69) is 0 Å². The fourth-order valence-corrected chi connectivity index (χ4v) is 1.90. The van der Waals surface area contributed by atoms with Gasteiger partial charge in [0.25, 0.3) is 0 Å². The van der Waals surface area contributed by atoms with Crippen LogP contribution in [0.1, 0.15) is 5.69 Å². The molecule has 0 spiro atoms. The first-order valence-corrected chi connectivity index (χ1v) is 5.32. The summed E-state index contributed by atoms with van der Waals surface area (Å²) in [6.45, 7) is 0. The quantitative estimate of drug-likeness (QED) is 0.683. The third-order valence-corrected chi connectivity index (χ3v) is 2.81. The number of rotatable bonds is 1. The van der Waals surface area contributed by atoms with Crippen LogP contribution in [0.5, 0.6) is 0 Å². The number of anilines is 1. The Morgan fingerprint density at radius 1 is 1.62 bits per heavy atom. The topological polar surface area (TPSA) is 88.9 Å². The van der Waals surface area contributed by atoms with Crippen molar-refractivity contribution in [2.45, 2.75) is 4.90 Å². The van der Waals surface area contributed by atoms with Crippen LogP contribution >= 0.6 is 0 Å². The molecule has 0 bridgehead atoms. The van der Waals surface area contributed by atoms with E-state index >= 15 is 0 Å². The predicted octanol–water partition coefficient (Wildman–Crippen LogP) is -0.118. The molecule has 5 nitrogen and oxygen atoms in total. The molecule has 6 heteroatoms. The van der Waals surface area contributed by atoms with Crippen LogP contribution in [0.25, 0.3) is 0 Å². The molecular formula is C7H9N3O2S. The van der Waals surface area contributed by atoms with E-state index in [9.17, 15) is 8.42 Å². The standard InChI is InChI=1S/C7H9N3O2S/c1-10-4-6(13(2,11)12)7(9)5(10)3-8/h4H,9H2,1-2H3. The maximum atomic E-state index is 11.1. The number of nitrogens with zero attached hydrogens (tertiary/aromatic N) is 2. The van der Waals surface area contributed by atoms with Crippen LogP contribution in [0.4, 0.5) is 5.69 Å². The molecule has 1 aromatic heterocycles. The molecule has 0 amide bonds. The molecule has 0 saturated heterocycles. The highest BCUT2D eigenvalue weighted by Gasteiger charge is 2.18. The summed E-state index contributed by atoms with van der Waals surface area (Å²) in [7, 11) is -1.77. The minimum atomic E-state index is -3.34. The Balaban J connectivity index is 3.56. The van der Waals surface area contributed by atoms with Crippen LogP contribution in [0.3, 0.4) is 0 Å². The normalized spacial score (nSPS) is 11.2. The molecule has 70 valence electrons. The van der Waals surface area contributed by atoms with E-state index in [1.165, 1.54) is 10.8 Å². The van der Waals surface area contributed by atoms with Gasteiger partial charge >= 0.3 is 0 Å². The number of aryl methyl sites for hydroxylation is 1. The van der Waals surface area contributed by atoms with Gasteiger partial charge in [0.2, 0.25) is 0 Å². The van der Waals surface area contributed by atoms with Crippen molar-refractivity contribution in [2.24, 2.45) is 7.05 Å². The molecule has 0 aliphatic heterocycles. The van der Waals surface area contributed by atoms with Crippen molar-refractivity contribution in [3.8, 4) is 6.07 Å². The fourth-order valence-electron chi connectivity index (χ4n) is 1.05. The second-order valence-electron chi connectivity index (χ2n) is 2.75. The van der Waals surface area contributed by atoms with Crippen LogP contribution in [0.15, 0.2) is 11.1 Å². The van der Waals surface area contributed by atoms with E-state index in [-0.39, 0.29) is 16.3 Å². The maximum Gasteiger partial charge on any atom is 0.179 e. The second-order valence-corrected chi connectivity index (χ2v) is 4.73. The first-order valence-electron chi connectivity index (χ1n) is 3.43. The van der Waals surface area contributed by atoms with Gasteiger partial charge in [-0.3, -0.25) is 0 Å². The summed E-state index contributed by atoms with van der Waals surface area (Å²) >= 11 is 0. The number of nitrogens with two attached hydrogens (primary N) is 1. The molecule has 0 aliphatic carbocycles. The lowest BCUT2D eigenvalue weighted by Crippen LogP contribution is -1.99. The summed E-state index contributed by atoms with van der Waals surface area (Å²) in [5.74, 6) is 0. The zero-order valence-corrected chi connectivity index (χ0v) is 8.09. The van der Waals surface area contributed by atoms with Gasteiger partial charge in [0.15, 0.2) is 9.84 Å². The van der Waals surface area contributed by atoms with Crippen LogP contribution in [0, 0.1) is 11.3 Å². The van der Waals surface area contributed by atoms with Crippen LogP contribution in [-0.4, -0.2) is 19.2 Å². The molecule has 0 aliphatic rings. The molecule has 0 saturated carbocycles. The molecule has 1 rings (SSSR count). The summed E-state index contributed by atoms with van der Waals surface area (Å²) < 4.78 is 23.7. The van der Waals surface area contributed by atoms with E-state index in [1.807, 2.05) is 6.07 Å². The van der Waals surface area contributed by atoms with Gasteiger partial charge in [0.05, 0.1) is 5.69 Å². The van der Waals surface area contributed by atoms with Gasteiger partial charge in [0, 0.05) is 19.5 Å². The number of nitriles is 1. The Hall–Kier alpha value is -1.48. The van der Waals surface area contributed by atoms with Crippen molar-refractivity contribution in [1.82, 2.24) is 4.57 Å². The van der Waals surface area contributed by atoms with Crippen molar-refractivity contribution in [3.05, 3.63) is 11.9 Å². The Morgan fingerprint density at radius 2 is 2.15 bits per heavy atom. The molecule has 1 heterocycles. The average molecular weight is 199 g/mol. The fraction of sp³-hybridized carbons (Fsp3) is 0.286. The Bertz CT molecular complexity index is 479. The van der Waals surface area contributed by atoms with Gasteiger partial charge in [-0.1, -0.05) is 0 Å². The van der Waals surface area contributed by atoms with Crippen molar-refractivity contribution in [1.29, 1.82) is 5.26 Å². The Kier molecular flexibility index (Phi) is 2.05. The minimum absolute atomic E-state index is 0.00606. The van der Waals surface area contributed by atoms with Crippen LogP contribution in [0.2, 0.25) is 0 Å². The second kappa shape index (κ2) is 2.78. The summed E-state index contributed by atoms with van der Waals surface area (Å²) in [5.41, 5.74) is 5.67. The van der Waals surface area contributed by atoms with E-state index in [0.29, 0.717) is 0 Å². The summed E-state index contributed by atoms with van der Waals surface area (Å²) in [6, 6.07) is 1.83. The van der Waals surface area contributed by atoms with Gasteiger partial charge in [-0.05, 0) is 0 Å². The molecule has 0 radical (unpaired) electrons. The lowest BCUT2D eigenvalue weighted by atomic mass is 10.4. The van der Waals surface area contributed by atoms with E-state index < -0.39 is 9.84 Å². The first kappa shape index (κ1) is 9.61. The Labute approximate surface area is 76.3 Å². The smallest absolute Gasteiger partial charge is 0.179 e. The van der Waals surface area contributed by atoms with Crippen molar-refractivity contribution in [2.75, 3.05) is 12.0 Å². The molecule has 0 unspecified atom stereocenters. The summed E-state index contributed by atoms with van der Waals surface area (Å²) in [5, 5.41) is 8.63. The zero-order chi connectivity index (χ0) is 10.2. The third-order valence-electron chi connectivity index (χ3n) is 1.69. The molecule has 13 heavy (non-hydrogen) atoms. The Morgan fingerprint density at radius 3 is 2.38 bits per heavy atom. The molecule has 1 aromatic rings. The highest BCUT2D eigenvalue weighted by atomic mass is 32.2. The van der Waals surface area contributed by atoms with Crippen molar-refractivity contribution >= 4 is 15.5 Å².